The van der Waals surface area contributed by atoms with Gasteiger partial charge in [-0.25, -0.2) is 17.9 Å². The van der Waals surface area contributed by atoms with E-state index in [0.717, 1.165) is 0 Å². The molecule has 0 atom stereocenters. The van der Waals surface area contributed by atoms with E-state index >= 15 is 0 Å². The average Bonchev–Trinajstić information content (AvgIpc) is 2.71. The molecule has 2 rings (SSSR count). The standard InChI is InChI=1S/C19H21ClN2O6S/c1-3-10-21-29(25,26)15-8-9-17(16(20)11-15)28-12-18(23)22-14-6-4-13(5-7-14)19(24)27-2/h4-9,11,21H,3,10,12H2,1-2H3,(H,22,23). The van der Waals surface area contributed by atoms with E-state index in [0.29, 0.717) is 24.2 Å². The van der Waals surface area contributed by atoms with Crippen LogP contribution in [0.4, 0.5) is 5.69 Å². The molecule has 0 saturated carbocycles. The van der Waals surface area contributed by atoms with E-state index in [1.54, 1.807) is 12.1 Å². The van der Waals surface area contributed by atoms with Crippen LogP contribution in [0.25, 0.3) is 0 Å². The molecule has 0 radical (unpaired) electrons. The Hall–Kier alpha value is -2.62. The molecule has 2 aromatic carbocycles. The van der Waals surface area contributed by atoms with Gasteiger partial charge in [0, 0.05) is 12.2 Å². The summed E-state index contributed by atoms with van der Waals surface area (Å²) in [5.74, 6) is -0.748. The van der Waals surface area contributed by atoms with Crippen LogP contribution in [-0.4, -0.2) is 40.6 Å². The minimum absolute atomic E-state index is 0.0125. The van der Waals surface area contributed by atoms with E-state index in [-0.39, 0.29) is 22.3 Å². The first-order valence-electron chi connectivity index (χ1n) is 8.67. The Morgan fingerprint density at radius 1 is 1.10 bits per heavy atom. The highest BCUT2D eigenvalue weighted by Gasteiger charge is 2.16. The first kappa shape index (κ1) is 22.7. The molecule has 2 aromatic rings. The molecule has 0 bridgehead atoms. The molecule has 0 saturated heterocycles. The van der Waals surface area contributed by atoms with Crippen molar-refractivity contribution in [3.63, 3.8) is 0 Å². The number of carbonyl (C=O) groups excluding carboxylic acids is 2. The lowest BCUT2D eigenvalue weighted by Crippen LogP contribution is -2.24. The zero-order valence-electron chi connectivity index (χ0n) is 15.9. The number of nitrogens with one attached hydrogen (secondary N) is 2. The molecule has 8 nitrogen and oxygen atoms in total. The Kier molecular flexibility index (Phi) is 8.00. The van der Waals surface area contributed by atoms with E-state index in [4.69, 9.17) is 16.3 Å². The summed E-state index contributed by atoms with van der Waals surface area (Å²) in [6.07, 6.45) is 0.661. The van der Waals surface area contributed by atoms with E-state index in [1.807, 2.05) is 6.92 Å². The van der Waals surface area contributed by atoms with Crippen LogP contribution in [0.2, 0.25) is 5.02 Å². The molecule has 29 heavy (non-hydrogen) atoms. The van der Waals surface area contributed by atoms with Crippen molar-refractivity contribution in [3.8, 4) is 5.75 Å². The summed E-state index contributed by atoms with van der Waals surface area (Å²) in [5.41, 5.74) is 0.831. The van der Waals surface area contributed by atoms with Crippen LogP contribution in [0.15, 0.2) is 47.4 Å². The van der Waals surface area contributed by atoms with Crippen molar-refractivity contribution in [2.75, 3.05) is 25.6 Å². The fourth-order valence-corrected chi connectivity index (χ4v) is 3.69. The molecule has 0 fully saturated rings. The quantitative estimate of drug-likeness (QED) is 0.580. The summed E-state index contributed by atoms with van der Waals surface area (Å²) in [5, 5.41) is 2.68. The largest absolute Gasteiger partial charge is 0.482 e. The number of anilines is 1. The van der Waals surface area contributed by atoms with Crippen molar-refractivity contribution in [2.24, 2.45) is 0 Å². The minimum atomic E-state index is -3.65. The maximum atomic E-state index is 12.1. The molecule has 0 unspecified atom stereocenters. The fraction of sp³-hybridized carbons (Fsp3) is 0.263. The maximum Gasteiger partial charge on any atom is 0.337 e. The van der Waals surface area contributed by atoms with Gasteiger partial charge in [-0.15, -0.1) is 0 Å². The number of benzene rings is 2. The molecule has 156 valence electrons. The van der Waals surface area contributed by atoms with E-state index in [1.165, 1.54) is 37.4 Å². The Bertz CT molecular complexity index is 977. The van der Waals surface area contributed by atoms with Crippen LogP contribution in [0, 0.1) is 0 Å². The Balaban J connectivity index is 1.95. The number of amides is 1. The van der Waals surface area contributed by atoms with Gasteiger partial charge < -0.3 is 14.8 Å². The van der Waals surface area contributed by atoms with Crippen LogP contribution in [-0.2, 0) is 19.6 Å². The number of halogens is 1. The van der Waals surface area contributed by atoms with Crippen molar-refractivity contribution in [1.29, 1.82) is 0 Å². The summed E-state index contributed by atoms with van der Waals surface area (Å²) in [7, 11) is -2.37. The molecule has 1 amide bonds. The van der Waals surface area contributed by atoms with Crippen molar-refractivity contribution in [3.05, 3.63) is 53.1 Å². The Labute approximate surface area is 174 Å². The third-order valence-electron chi connectivity index (χ3n) is 3.70. The highest BCUT2D eigenvalue weighted by molar-refractivity contribution is 7.89. The van der Waals surface area contributed by atoms with Crippen molar-refractivity contribution in [2.45, 2.75) is 18.2 Å². The molecule has 0 aliphatic rings. The van der Waals surface area contributed by atoms with Crippen molar-refractivity contribution < 1.29 is 27.5 Å². The number of ether oxygens (including phenoxy) is 2. The van der Waals surface area contributed by atoms with E-state index in [2.05, 4.69) is 14.8 Å². The number of carbonyl (C=O) groups is 2. The normalized spacial score (nSPS) is 11.0. The minimum Gasteiger partial charge on any atom is -0.482 e. The molecule has 0 spiro atoms. The fourth-order valence-electron chi connectivity index (χ4n) is 2.23. The molecular weight excluding hydrogens is 420 g/mol. The third-order valence-corrected chi connectivity index (χ3v) is 5.46. The van der Waals surface area contributed by atoms with Gasteiger partial charge in [0.1, 0.15) is 5.75 Å². The number of hydrogen-bond acceptors (Lipinski definition) is 6. The summed E-state index contributed by atoms with van der Waals surface area (Å²) in [4.78, 5) is 23.4. The molecule has 10 heteroatoms. The summed E-state index contributed by atoms with van der Waals surface area (Å²) >= 11 is 6.08. The summed E-state index contributed by atoms with van der Waals surface area (Å²) in [6.45, 7) is 1.84. The smallest absolute Gasteiger partial charge is 0.337 e. The Morgan fingerprint density at radius 2 is 1.79 bits per heavy atom. The molecule has 0 aliphatic heterocycles. The van der Waals surface area contributed by atoms with Gasteiger partial charge >= 0.3 is 5.97 Å². The molecular formula is C19H21ClN2O6S. The van der Waals surface area contributed by atoms with Crippen LogP contribution < -0.4 is 14.8 Å². The zero-order chi connectivity index (χ0) is 21.4. The van der Waals surface area contributed by atoms with Crippen molar-refractivity contribution in [1.82, 2.24) is 4.72 Å². The van der Waals surface area contributed by atoms with Crippen molar-refractivity contribution >= 4 is 39.2 Å². The monoisotopic (exact) mass is 440 g/mol. The highest BCUT2D eigenvalue weighted by atomic mass is 35.5. The van der Waals surface area contributed by atoms with Crippen LogP contribution in [0.1, 0.15) is 23.7 Å². The second-order valence-electron chi connectivity index (χ2n) is 5.90. The molecule has 0 aliphatic carbocycles. The van der Waals surface area contributed by atoms with Gasteiger partial charge in [0.05, 0.1) is 22.6 Å². The zero-order valence-corrected chi connectivity index (χ0v) is 17.5. The number of hydrogen-bond donors (Lipinski definition) is 2. The van der Waals surface area contributed by atoms with Gasteiger partial charge in [0.2, 0.25) is 10.0 Å². The lowest BCUT2D eigenvalue weighted by molar-refractivity contribution is -0.118. The Morgan fingerprint density at radius 3 is 2.38 bits per heavy atom. The average molecular weight is 441 g/mol. The predicted molar refractivity (Wildman–Crippen MR) is 109 cm³/mol. The second kappa shape index (κ2) is 10.2. The summed E-state index contributed by atoms with van der Waals surface area (Å²) in [6, 6.07) is 10.2. The highest BCUT2D eigenvalue weighted by Crippen LogP contribution is 2.27. The molecule has 0 aromatic heterocycles. The van der Waals surface area contributed by atoms with E-state index in [9.17, 15) is 18.0 Å². The number of methoxy groups -OCH3 is 1. The molecule has 0 heterocycles. The van der Waals surface area contributed by atoms with Gasteiger partial charge in [-0.1, -0.05) is 18.5 Å². The lowest BCUT2D eigenvalue weighted by atomic mass is 10.2. The topological polar surface area (TPSA) is 111 Å². The van der Waals surface area contributed by atoms with Crippen LogP contribution in [0.5, 0.6) is 5.75 Å². The first-order valence-corrected chi connectivity index (χ1v) is 10.5. The number of sulfonamides is 1. The van der Waals surface area contributed by atoms with Gasteiger partial charge in [-0.3, -0.25) is 4.79 Å². The first-order chi connectivity index (χ1) is 13.8. The van der Waals surface area contributed by atoms with Crippen LogP contribution >= 0.6 is 11.6 Å². The van der Waals surface area contributed by atoms with Gasteiger partial charge in [0.15, 0.2) is 6.61 Å². The predicted octanol–water partition coefficient (Wildman–Crippen LogP) is 2.83. The van der Waals surface area contributed by atoms with E-state index < -0.39 is 21.9 Å². The lowest BCUT2D eigenvalue weighted by Gasteiger charge is -2.11. The maximum absolute atomic E-state index is 12.1. The van der Waals surface area contributed by atoms with Gasteiger partial charge in [-0.05, 0) is 48.9 Å². The number of rotatable bonds is 9. The number of esters is 1. The summed E-state index contributed by atoms with van der Waals surface area (Å²) < 4.78 is 36.6. The van der Waals surface area contributed by atoms with Gasteiger partial charge in [0.25, 0.3) is 5.91 Å². The second-order valence-corrected chi connectivity index (χ2v) is 8.07. The SMILES string of the molecule is CCCNS(=O)(=O)c1ccc(OCC(=O)Nc2ccc(C(=O)OC)cc2)c(Cl)c1. The molecule has 2 N–H and O–H groups in total. The van der Waals surface area contributed by atoms with Crippen LogP contribution in [0.3, 0.4) is 0 Å². The third kappa shape index (κ3) is 6.45. The van der Waals surface area contributed by atoms with Gasteiger partial charge in [-0.2, -0.15) is 0 Å².